The van der Waals surface area contributed by atoms with E-state index in [4.69, 9.17) is 0 Å². The van der Waals surface area contributed by atoms with Crippen molar-refractivity contribution in [3.63, 3.8) is 0 Å². The molecule has 3 unspecified atom stereocenters. The molecule has 0 heterocycles. The van der Waals surface area contributed by atoms with E-state index in [9.17, 15) is 4.39 Å². The summed E-state index contributed by atoms with van der Waals surface area (Å²) in [6.45, 7) is 5.42. The highest BCUT2D eigenvalue weighted by Gasteiger charge is 2.37. The summed E-state index contributed by atoms with van der Waals surface area (Å²) < 4.78 is 13.7. The Morgan fingerprint density at radius 2 is 2.25 bits per heavy atom. The number of hydrogen-bond donors (Lipinski definition) is 1. The van der Waals surface area contributed by atoms with Crippen molar-refractivity contribution in [2.24, 2.45) is 5.92 Å². The SMILES string of the molecule is CCNC1CC(c2ccc(F)c(Br)c2)C1C. The first-order chi connectivity index (χ1) is 7.63. The Kier molecular flexibility index (Phi) is 3.65. The second-order valence-electron chi connectivity index (χ2n) is 4.54. The van der Waals surface area contributed by atoms with Crippen LogP contribution in [0.15, 0.2) is 22.7 Å². The third kappa shape index (κ3) is 2.16. The lowest BCUT2D eigenvalue weighted by atomic mass is 9.67. The Hall–Kier alpha value is -0.410. The van der Waals surface area contributed by atoms with Crippen LogP contribution in [0.5, 0.6) is 0 Å². The molecule has 1 aromatic carbocycles. The van der Waals surface area contributed by atoms with E-state index in [0.717, 1.165) is 13.0 Å². The summed E-state index contributed by atoms with van der Waals surface area (Å²) in [7, 11) is 0. The van der Waals surface area contributed by atoms with Gasteiger partial charge in [-0.3, -0.25) is 0 Å². The highest BCUT2D eigenvalue weighted by Crippen LogP contribution is 2.43. The molecular weight excluding hydrogens is 269 g/mol. The van der Waals surface area contributed by atoms with Gasteiger partial charge < -0.3 is 5.32 Å². The number of nitrogens with one attached hydrogen (secondary N) is 1. The van der Waals surface area contributed by atoms with Crippen LogP contribution in [-0.2, 0) is 0 Å². The van der Waals surface area contributed by atoms with Gasteiger partial charge in [0.05, 0.1) is 4.47 Å². The van der Waals surface area contributed by atoms with Crippen molar-refractivity contribution in [1.29, 1.82) is 0 Å². The van der Waals surface area contributed by atoms with Crippen molar-refractivity contribution >= 4 is 15.9 Å². The summed E-state index contributed by atoms with van der Waals surface area (Å²) in [5.41, 5.74) is 1.25. The highest BCUT2D eigenvalue weighted by molar-refractivity contribution is 9.10. The molecule has 1 N–H and O–H groups in total. The van der Waals surface area contributed by atoms with Crippen molar-refractivity contribution in [2.75, 3.05) is 6.54 Å². The minimum atomic E-state index is -0.182. The normalized spacial score (nSPS) is 28.9. The zero-order valence-corrected chi connectivity index (χ0v) is 11.2. The monoisotopic (exact) mass is 285 g/mol. The van der Waals surface area contributed by atoms with Gasteiger partial charge in [0.1, 0.15) is 5.82 Å². The standard InChI is InChI=1S/C13H17BrFN/c1-3-16-13-7-10(8(13)2)9-4-5-12(15)11(14)6-9/h4-6,8,10,13,16H,3,7H2,1-2H3. The molecule has 0 radical (unpaired) electrons. The van der Waals surface area contributed by atoms with Crippen LogP contribution in [0.2, 0.25) is 0 Å². The molecule has 0 aromatic heterocycles. The second-order valence-corrected chi connectivity index (χ2v) is 5.39. The van der Waals surface area contributed by atoms with Crippen LogP contribution in [0.25, 0.3) is 0 Å². The Balaban J connectivity index is 2.07. The van der Waals surface area contributed by atoms with Crippen LogP contribution in [0.1, 0.15) is 31.7 Å². The molecule has 1 aliphatic carbocycles. The summed E-state index contributed by atoms with van der Waals surface area (Å²) in [5.74, 6) is 1.03. The van der Waals surface area contributed by atoms with Gasteiger partial charge in [-0.15, -0.1) is 0 Å². The fourth-order valence-corrected chi connectivity index (χ4v) is 2.90. The molecule has 3 heteroatoms. The van der Waals surface area contributed by atoms with E-state index in [1.54, 1.807) is 6.07 Å². The fourth-order valence-electron chi connectivity index (χ4n) is 2.50. The van der Waals surface area contributed by atoms with Crippen molar-refractivity contribution in [1.82, 2.24) is 5.32 Å². The number of hydrogen-bond acceptors (Lipinski definition) is 1. The second kappa shape index (κ2) is 4.84. The molecule has 1 aromatic rings. The van der Waals surface area contributed by atoms with Gasteiger partial charge in [0, 0.05) is 6.04 Å². The van der Waals surface area contributed by atoms with Crippen LogP contribution in [0.4, 0.5) is 4.39 Å². The predicted molar refractivity (Wildman–Crippen MR) is 68.1 cm³/mol. The molecule has 88 valence electrons. The van der Waals surface area contributed by atoms with Gasteiger partial charge in [-0.25, -0.2) is 4.39 Å². The zero-order valence-electron chi connectivity index (χ0n) is 9.63. The van der Waals surface area contributed by atoms with E-state index in [-0.39, 0.29) is 5.82 Å². The molecule has 0 amide bonds. The van der Waals surface area contributed by atoms with Crippen LogP contribution in [0.3, 0.4) is 0 Å². The van der Waals surface area contributed by atoms with E-state index < -0.39 is 0 Å². The lowest BCUT2D eigenvalue weighted by molar-refractivity contribution is 0.187. The molecule has 2 rings (SSSR count). The van der Waals surface area contributed by atoms with Crippen molar-refractivity contribution in [2.45, 2.75) is 32.2 Å². The molecule has 0 aliphatic heterocycles. The molecular formula is C13H17BrFN. The fraction of sp³-hybridized carbons (Fsp3) is 0.538. The van der Waals surface area contributed by atoms with Crippen LogP contribution >= 0.6 is 15.9 Å². The van der Waals surface area contributed by atoms with E-state index in [1.807, 2.05) is 12.1 Å². The molecule has 1 aliphatic rings. The van der Waals surface area contributed by atoms with Crippen LogP contribution in [0, 0.1) is 11.7 Å². The maximum Gasteiger partial charge on any atom is 0.137 e. The molecule has 1 nitrogen and oxygen atoms in total. The van der Waals surface area contributed by atoms with Gasteiger partial charge in [-0.05, 0) is 58.4 Å². The van der Waals surface area contributed by atoms with Crippen LogP contribution < -0.4 is 5.32 Å². The topological polar surface area (TPSA) is 12.0 Å². The predicted octanol–water partition coefficient (Wildman–Crippen LogP) is 3.69. The third-order valence-electron chi connectivity index (χ3n) is 3.62. The molecule has 1 saturated carbocycles. The number of rotatable bonds is 3. The van der Waals surface area contributed by atoms with Crippen molar-refractivity contribution in [3.8, 4) is 0 Å². The first kappa shape index (κ1) is 12.1. The largest absolute Gasteiger partial charge is 0.314 e. The lowest BCUT2D eigenvalue weighted by Gasteiger charge is -2.43. The third-order valence-corrected chi connectivity index (χ3v) is 4.22. The summed E-state index contributed by atoms with van der Waals surface area (Å²) in [4.78, 5) is 0. The number of halogens is 2. The van der Waals surface area contributed by atoms with E-state index in [2.05, 4.69) is 35.1 Å². The average molecular weight is 286 g/mol. The summed E-state index contributed by atoms with van der Waals surface area (Å²) in [5, 5.41) is 3.47. The van der Waals surface area contributed by atoms with E-state index in [0.29, 0.717) is 22.4 Å². The average Bonchev–Trinajstić information content (AvgIpc) is 2.27. The lowest BCUT2D eigenvalue weighted by Crippen LogP contribution is -2.47. The number of benzene rings is 1. The summed E-state index contributed by atoms with van der Waals surface area (Å²) in [6.07, 6.45) is 1.16. The summed E-state index contributed by atoms with van der Waals surface area (Å²) >= 11 is 3.24. The van der Waals surface area contributed by atoms with Gasteiger partial charge in [-0.1, -0.05) is 19.9 Å². The van der Waals surface area contributed by atoms with Gasteiger partial charge in [-0.2, -0.15) is 0 Å². The van der Waals surface area contributed by atoms with Crippen molar-refractivity contribution in [3.05, 3.63) is 34.1 Å². The highest BCUT2D eigenvalue weighted by atomic mass is 79.9. The first-order valence-electron chi connectivity index (χ1n) is 5.81. The van der Waals surface area contributed by atoms with Gasteiger partial charge in [0.2, 0.25) is 0 Å². The zero-order chi connectivity index (χ0) is 11.7. The maximum atomic E-state index is 13.1. The molecule has 1 fully saturated rings. The minimum Gasteiger partial charge on any atom is -0.314 e. The Morgan fingerprint density at radius 1 is 1.50 bits per heavy atom. The van der Waals surface area contributed by atoms with Crippen molar-refractivity contribution < 1.29 is 4.39 Å². The molecule has 0 bridgehead atoms. The quantitative estimate of drug-likeness (QED) is 0.893. The molecule has 3 atom stereocenters. The smallest absolute Gasteiger partial charge is 0.137 e. The first-order valence-corrected chi connectivity index (χ1v) is 6.61. The van der Waals surface area contributed by atoms with E-state index >= 15 is 0 Å². The Labute approximate surface area is 105 Å². The van der Waals surface area contributed by atoms with Gasteiger partial charge in [0.25, 0.3) is 0 Å². The Morgan fingerprint density at radius 3 is 2.81 bits per heavy atom. The Bertz CT molecular complexity index is 380. The van der Waals surface area contributed by atoms with Gasteiger partial charge >= 0.3 is 0 Å². The molecule has 0 spiro atoms. The van der Waals surface area contributed by atoms with Crippen LogP contribution in [-0.4, -0.2) is 12.6 Å². The molecule has 16 heavy (non-hydrogen) atoms. The minimum absolute atomic E-state index is 0.182. The maximum absolute atomic E-state index is 13.1. The summed E-state index contributed by atoms with van der Waals surface area (Å²) in [6, 6.07) is 5.99. The molecule has 0 saturated heterocycles. The van der Waals surface area contributed by atoms with E-state index in [1.165, 1.54) is 5.56 Å². The van der Waals surface area contributed by atoms with Gasteiger partial charge in [0.15, 0.2) is 0 Å².